The van der Waals surface area contributed by atoms with Crippen LogP contribution in [0.2, 0.25) is 0 Å². The van der Waals surface area contributed by atoms with Gasteiger partial charge in [-0.05, 0) is 42.5 Å². The Morgan fingerprint density at radius 2 is 1.47 bits per heavy atom. The van der Waals surface area contributed by atoms with Gasteiger partial charge in [-0.25, -0.2) is 0 Å². The third-order valence-corrected chi connectivity index (χ3v) is 3.38. The van der Waals surface area contributed by atoms with Crippen molar-refractivity contribution >= 4 is 0 Å². The summed E-state index contributed by atoms with van der Waals surface area (Å²) in [6.45, 7) is 1.31. The summed E-state index contributed by atoms with van der Waals surface area (Å²) >= 11 is 0. The average molecular weight is 254 g/mol. The van der Waals surface area contributed by atoms with Gasteiger partial charge in [0.15, 0.2) is 11.5 Å². The Balaban J connectivity index is 1.58. The van der Waals surface area contributed by atoms with E-state index >= 15 is 0 Å². The summed E-state index contributed by atoms with van der Waals surface area (Å²) in [7, 11) is 0. The van der Waals surface area contributed by atoms with Gasteiger partial charge in [0.1, 0.15) is 13.2 Å². The molecule has 98 valence electrons. The molecule has 0 aliphatic carbocycles. The van der Waals surface area contributed by atoms with Crippen LogP contribution in [0.5, 0.6) is 11.5 Å². The molecule has 2 nitrogen and oxygen atoms in total. The molecule has 0 fully saturated rings. The molecule has 2 aromatic carbocycles. The fourth-order valence-corrected chi connectivity index (χ4v) is 2.38. The Morgan fingerprint density at radius 3 is 2.32 bits per heavy atom. The van der Waals surface area contributed by atoms with E-state index in [0.717, 1.165) is 30.8 Å². The second-order valence-electron chi connectivity index (χ2n) is 4.82. The number of hydrogen-bond donors (Lipinski definition) is 0. The lowest BCUT2D eigenvalue weighted by Gasteiger charge is -2.18. The van der Waals surface area contributed by atoms with Crippen LogP contribution in [0.25, 0.3) is 0 Å². The molecule has 0 amide bonds. The Bertz CT molecular complexity index is 534. The standard InChI is InChI=1S/C17H18O2/c1-2-5-14(6-3-1)7-4-8-15-9-10-16-17(13-15)19-12-11-18-16/h1-3,5-6,9-10,13H,4,7-8,11-12H2. The minimum atomic E-state index is 0.653. The summed E-state index contributed by atoms with van der Waals surface area (Å²) in [6, 6.07) is 16.9. The van der Waals surface area contributed by atoms with Crippen LogP contribution in [0, 0.1) is 0 Å². The SMILES string of the molecule is c1ccc(CCCc2ccc3c(c2)OCCO3)cc1. The molecule has 0 radical (unpaired) electrons. The molecule has 0 spiro atoms. The number of fused-ring (bicyclic) bond motifs is 1. The van der Waals surface area contributed by atoms with Crippen LogP contribution < -0.4 is 9.47 Å². The number of aryl methyl sites for hydroxylation is 2. The van der Waals surface area contributed by atoms with Crippen LogP contribution in [0.3, 0.4) is 0 Å². The highest BCUT2D eigenvalue weighted by Crippen LogP contribution is 2.31. The quantitative estimate of drug-likeness (QED) is 0.829. The van der Waals surface area contributed by atoms with Crippen LogP contribution in [-0.4, -0.2) is 13.2 Å². The lowest BCUT2D eigenvalue weighted by Crippen LogP contribution is -2.15. The summed E-state index contributed by atoms with van der Waals surface area (Å²) in [5.41, 5.74) is 2.72. The fraction of sp³-hybridized carbons (Fsp3) is 0.294. The van der Waals surface area contributed by atoms with Crippen molar-refractivity contribution in [2.24, 2.45) is 0 Å². The zero-order valence-corrected chi connectivity index (χ0v) is 11.0. The normalized spacial score (nSPS) is 13.3. The van der Waals surface area contributed by atoms with Crippen molar-refractivity contribution in [2.75, 3.05) is 13.2 Å². The first-order valence-electron chi connectivity index (χ1n) is 6.84. The molecular formula is C17H18O2. The molecule has 1 aliphatic rings. The van der Waals surface area contributed by atoms with Gasteiger partial charge in [-0.3, -0.25) is 0 Å². The van der Waals surface area contributed by atoms with Gasteiger partial charge in [-0.15, -0.1) is 0 Å². The van der Waals surface area contributed by atoms with Crippen molar-refractivity contribution in [1.29, 1.82) is 0 Å². The van der Waals surface area contributed by atoms with Crippen LogP contribution in [0.15, 0.2) is 48.5 Å². The lowest BCUT2D eigenvalue weighted by atomic mass is 10.0. The molecule has 0 aromatic heterocycles. The zero-order valence-electron chi connectivity index (χ0n) is 11.0. The van der Waals surface area contributed by atoms with Gasteiger partial charge in [-0.2, -0.15) is 0 Å². The van der Waals surface area contributed by atoms with Crippen molar-refractivity contribution in [3.63, 3.8) is 0 Å². The third-order valence-electron chi connectivity index (χ3n) is 3.38. The molecular weight excluding hydrogens is 236 g/mol. The molecule has 1 heterocycles. The van der Waals surface area contributed by atoms with Crippen molar-refractivity contribution in [2.45, 2.75) is 19.3 Å². The highest BCUT2D eigenvalue weighted by molar-refractivity contribution is 5.43. The van der Waals surface area contributed by atoms with Crippen molar-refractivity contribution < 1.29 is 9.47 Å². The second-order valence-corrected chi connectivity index (χ2v) is 4.82. The van der Waals surface area contributed by atoms with Gasteiger partial charge in [-0.1, -0.05) is 36.4 Å². The number of benzene rings is 2. The van der Waals surface area contributed by atoms with Crippen molar-refractivity contribution in [3.05, 3.63) is 59.7 Å². The highest BCUT2D eigenvalue weighted by atomic mass is 16.6. The topological polar surface area (TPSA) is 18.5 Å². The van der Waals surface area contributed by atoms with Crippen LogP contribution in [0.4, 0.5) is 0 Å². The molecule has 0 unspecified atom stereocenters. The van der Waals surface area contributed by atoms with E-state index in [9.17, 15) is 0 Å². The number of hydrogen-bond acceptors (Lipinski definition) is 2. The summed E-state index contributed by atoms with van der Waals surface area (Å²) in [5, 5.41) is 0. The zero-order chi connectivity index (χ0) is 12.9. The predicted octanol–water partition coefficient (Wildman–Crippen LogP) is 3.63. The molecule has 0 saturated heterocycles. The maximum Gasteiger partial charge on any atom is 0.161 e. The first-order chi connectivity index (χ1) is 9.42. The van der Waals surface area contributed by atoms with Crippen LogP contribution in [0.1, 0.15) is 17.5 Å². The van der Waals surface area contributed by atoms with Gasteiger partial charge >= 0.3 is 0 Å². The third kappa shape index (κ3) is 3.08. The van der Waals surface area contributed by atoms with Crippen LogP contribution >= 0.6 is 0 Å². The van der Waals surface area contributed by atoms with E-state index < -0.39 is 0 Å². The van der Waals surface area contributed by atoms with Gasteiger partial charge in [0.25, 0.3) is 0 Å². The Labute approximate surface area is 114 Å². The molecule has 1 aliphatic heterocycles. The summed E-state index contributed by atoms with van der Waals surface area (Å²) < 4.78 is 11.1. The van der Waals surface area contributed by atoms with E-state index in [1.54, 1.807) is 0 Å². The molecule has 0 saturated carbocycles. The smallest absolute Gasteiger partial charge is 0.161 e. The average Bonchev–Trinajstić information content (AvgIpc) is 2.48. The lowest BCUT2D eigenvalue weighted by molar-refractivity contribution is 0.171. The maximum absolute atomic E-state index is 5.60. The van der Waals surface area contributed by atoms with Gasteiger partial charge < -0.3 is 9.47 Å². The molecule has 2 aromatic rings. The van der Waals surface area contributed by atoms with Gasteiger partial charge in [0.2, 0.25) is 0 Å². The second kappa shape index (κ2) is 5.79. The minimum Gasteiger partial charge on any atom is -0.486 e. The molecule has 2 heteroatoms. The molecule has 0 atom stereocenters. The number of ether oxygens (including phenoxy) is 2. The Morgan fingerprint density at radius 1 is 0.737 bits per heavy atom. The molecule has 0 N–H and O–H groups in total. The van der Waals surface area contributed by atoms with E-state index in [0.29, 0.717) is 13.2 Å². The molecule has 3 rings (SSSR count). The largest absolute Gasteiger partial charge is 0.486 e. The van der Waals surface area contributed by atoms with Crippen LogP contribution in [-0.2, 0) is 12.8 Å². The Hall–Kier alpha value is -1.96. The summed E-state index contributed by atoms with van der Waals surface area (Å²) in [6.07, 6.45) is 3.35. The maximum atomic E-state index is 5.60. The first kappa shape index (κ1) is 12.1. The van der Waals surface area contributed by atoms with E-state index in [1.807, 2.05) is 6.07 Å². The molecule has 0 bridgehead atoms. The van der Waals surface area contributed by atoms with E-state index in [4.69, 9.17) is 9.47 Å². The highest BCUT2D eigenvalue weighted by Gasteiger charge is 2.11. The Kier molecular flexibility index (Phi) is 3.68. The minimum absolute atomic E-state index is 0.653. The summed E-state index contributed by atoms with van der Waals surface area (Å²) in [4.78, 5) is 0. The molecule has 19 heavy (non-hydrogen) atoms. The van der Waals surface area contributed by atoms with Gasteiger partial charge in [0, 0.05) is 0 Å². The number of rotatable bonds is 4. The summed E-state index contributed by atoms with van der Waals surface area (Å²) in [5.74, 6) is 1.77. The predicted molar refractivity (Wildman–Crippen MR) is 75.9 cm³/mol. The fourth-order valence-electron chi connectivity index (χ4n) is 2.38. The monoisotopic (exact) mass is 254 g/mol. The van der Waals surface area contributed by atoms with Gasteiger partial charge in [0.05, 0.1) is 0 Å². The first-order valence-corrected chi connectivity index (χ1v) is 6.84. The van der Waals surface area contributed by atoms with E-state index in [1.165, 1.54) is 11.1 Å². The van der Waals surface area contributed by atoms with E-state index in [-0.39, 0.29) is 0 Å². The van der Waals surface area contributed by atoms with E-state index in [2.05, 4.69) is 42.5 Å². The van der Waals surface area contributed by atoms with Crippen molar-refractivity contribution in [1.82, 2.24) is 0 Å². The van der Waals surface area contributed by atoms with Crippen molar-refractivity contribution in [3.8, 4) is 11.5 Å².